The summed E-state index contributed by atoms with van der Waals surface area (Å²) in [6.07, 6.45) is 5.11. The van der Waals surface area contributed by atoms with Gasteiger partial charge in [-0.25, -0.2) is 14.0 Å². The van der Waals surface area contributed by atoms with Crippen LogP contribution in [-0.4, -0.2) is 64.1 Å². The molecule has 180 valence electrons. The lowest BCUT2D eigenvalue weighted by Gasteiger charge is -2.39. The third-order valence-electron chi connectivity index (χ3n) is 5.95. The topological polar surface area (TPSA) is 85.7 Å². The van der Waals surface area contributed by atoms with Gasteiger partial charge in [0, 0.05) is 29.7 Å². The number of carbonyl (C=O) groups excluding carboxylic acids is 2. The third kappa shape index (κ3) is 5.32. The van der Waals surface area contributed by atoms with Gasteiger partial charge in [-0.3, -0.25) is 4.68 Å². The minimum Gasteiger partial charge on any atom is -0.465 e. The van der Waals surface area contributed by atoms with Crippen molar-refractivity contribution in [3.63, 3.8) is 0 Å². The van der Waals surface area contributed by atoms with E-state index in [1.54, 1.807) is 10.9 Å². The summed E-state index contributed by atoms with van der Waals surface area (Å²) in [4.78, 5) is 27.0. The van der Waals surface area contributed by atoms with Crippen molar-refractivity contribution >= 4 is 38.9 Å². The summed E-state index contributed by atoms with van der Waals surface area (Å²) < 4.78 is 26.8. The third-order valence-corrected chi connectivity index (χ3v) is 6.76. The lowest BCUT2D eigenvalue weighted by Crippen LogP contribution is -2.52. The average molecular weight is 525 g/mol. The summed E-state index contributed by atoms with van der Waals surface area (Å²) in [6, 6.07) is 1.53. The Morgan fingerprint density at radius 1 is 1.30 bits per heavy atom. The van der Waals surface area contributed by atoms with Crippen molar-refractivity contribution in [1.82, 2.24) is 20.0 Å². The zero-order valence-electron chi connectivity index (χ0n) is 19.4. The number of fused-ring (bicyclic) bond motifs is 1. The number of piperidine rings is 1. The number of nitrogens with one attached hydrogen (secondary N) is 1. The minimum absolute atomic E-state index is 0.0620. The van der Waals surface area contributed by atoms with Gasteiger partial charge in [0.2, 0.25) is 0 Å². The SMILES string of the molecule is COC(=O)c1cc(F)c(Br)c2cn(CC3CC(N(C(=O)OC(C)(C)C)C4CC4)CCN3)nc12. The first-order chi connectivity index (χ1) is 15.6. The van der Waals surface area contributed by atoms with E-state index in [0.29, 0.717) is 17.4 Å². The Kier molecular flexibility index (Phi) is 6.68. The largest absolute Gasteiger partial charge is 0.465 e. The van der Waals surface area contributed by atoms with Crippen molar-refractivity contribution in [2.75, 3.05) is 13.7 Å². The number of rotatable bonds is 5. The molecule has 0 spiro atoms. The van der Waals surface area contributed by atoms with E-state index in [-0.39, 0.29) is 34.3 Å². The highest BCUT2D eigenvalue weighted by Crippen LogP contribution is 2.34. The first-order valence-corrected chi connectivity index (χ1v) is 12.0. The van der Waals surface area contributed by atoms with Gasteiger partial charge in [-0.2, -0.15) is 5.10 Å². The molecule has 10 heteroatoms. The highest BCUT2D eigenvalue weighted by atomic mass is 79.9. The first kappa shape index (κ1) is 23.9. The molecule has 1 saturated heterocycles. The van der Waals surface area contributed by atoms with Crippen molar-refractivity contribution < 1.29 is 23.5 Å². The second kappa shape index (κ2) is 9.21. The molecule has 2 aliphatic rings. The second-order valence-corrected chi connectivity index (χ2v) is 10.6. The Bertz CT molecular complexity index is 1060. The van der Waals surface area contributed by atoms with Crippen LogP contribution >= 0.6 is 15.9 Å². The predicted octanol–water partition coefficient (Wildman–Crippen LogP) is 4.24. The van der Waals surface area contributed by atoms with E-state index in [2.05, 4.69) is 26.3 Å². The molecule has 2 atom stereocenters. The van der Waals surface area contributed by atoms with Crippen LogP contribution in [0.4, 0.5) is 9.18 Å². The number of ether oxygens (including phenoxy) is 2. The zero-order chi connectivity index (χ0) is 23.9. The maximum Gasteiger partial charge on any atom is 0.410 e. The van der Waals surface area contributed by atoms with Crippen molar-refractivity contribution in [2.24, 2.45) is 0 Å². The summed E-state index contributed by atoms with van der Waals surface area (Å²) in [6.45, 7) is 6.94. The summed E-state index contributed by atoms with van der Waals surface area (Å²) in [5.41, 5.74) is -0.0618. The summed E-state index contributed by atoms with van der Waals surface area (Å²) in [7, 11) is 1.26. The van der Waals surface area contributed by atoms with Gasteiger partial charge in [-0.15, -0.1) is 0 Å². The fourth-order valence-electron chi connectivity index (χ4n) is 4.39. The number of carbonyl (C=O) groups is 2. The molecule has 0 radical (unpaired) electrons. The molecule has 1 aliphatic carbocycles. The maximum atomic E-state index is 14.3. The Hall–Kier alpha value is -2.20. The quantitative estimate of drug-likeness (QED) is 0.588. The molecule has 2 unspecified atom stereocenters. The van der Waals surface area contributed by atoms with Gasteiger partial charge in [-0.1, -0.05) is 0 Å². The Morgan fingerprint density at radius 3 is 2.67 bits per heavy atom. The van der Waals surface area contributed by atoms with Crippen LogP contribution in [0, 0.1) is 5.82 Å². The van der Waals surface area contributed by atoms with E-state index in [1.807, 2.05) is 25.7 Å². The van der Waals surface area contributed by atoms with Crippen LogP contribution < -0.4 is 5.32 Å². The number of nitrogens with zero attached hydrogens (tertiary/aromatic N) is 3. The van der Waals surface area contributed by atoms with Gasteiger partial charge in [0.25, 0.3) is 0 Å². The number of hydrogen-bond donors (Lipinski definition) is 1. The highest BCUT2D eigenvalue weighted by molar-refractivity contribution is 9.10. The molecule has 8 nitrogen and oxygen atoms in total. The molecule has 1 aromatic heterocycles. The van der Waals surface area contributed by atoms with E-state index in [4.69, 9.17) is 9.47 Å². The van der Waals surface area contributed by atoms with E-state index < -0.39 is 17.4 Å². The zero-order valence-corrected chi connectivity index (χ0v) is 20.9. The first-order valence-electron chi connectivity index (χ1n) is 11.3. The number of halogens is 2. The molecule has 1 amide bonds. The van der Waals surface area contributed by atoms with Crippen LogP contribution in [0.1, 0.15) is 56.8 Å². The fourth-order valence-corrected chi connectivity index (χ4v) is 4.80. The summed E-state index contributed by atoms with van der Waals surface area (Å²) >= 11 is 3.26. The number of benzene rings is 1. The fraction of sp³-hybridized carbons (Fsp3) is 0.609. The molecule has 4 rings (SSSR count). The highest BCUT2D eigenvalue weighted by Gasteiger charge is 2.41. The van der Waals surface area contributed by atoms with Crippen molar-refractivity contribution in [2.45, 2.75) is 76.7 Å². The normalized spacial score (nSPS) is 21.2. The Balaban J connectivity index is 1.53. The number of methoxy groups -OCH3 is 1. The van der Waals surface area contributed by atoms with Crippen molar-refractivity contribution in [3.05, 3.63) is 28.1 Å². The van der Waals surface area contributed by atoms with Gasteiger partial charge in [0.15, 0.2) is 0 Å². The van der Waals surface area contributed by atoms with Gasteiger partial charge < -0.3 is 19.7 Å². The number of hydrogen-bond acceptors (Lipinski definition) is 6. The maximum absolute atomic E-state index is 14.3. The van der Waals surface area contributed by atoms with Crippen LogP contribution in [-0.2, 0) is 16.0 Å². The van der Waals surface area contributed by atoms with E-state index in [1.165, 1.54) is 7.11 Å². The molecular weight excluding hydrogens is 495 g/mol. The van der Waals surface area contributed by atoms with Crippen LogP contribution in [0.5, 0.6) is 0 Å². The molecule has 2 heterocycles. The standard InChI is InChI=1S/C23H30BrFN4O4/c1-23(2,3)33-22(31)29(14-5-6-14)15-7-8-26-13(9-15)11-28-12-17-19(24)18(25)10-16(20(17)27-28)21(30)32-4/h10,12-15,26H,5-9,11H2,1-4H3. The average Bonchev–Trinajstić information content (AvgIpc) is 3.47. The number of amides is 1. The van der Waals surface area contributed by atoms with Gasteiger partial charge >= 0.3 is 12.1 Å². The van der Waals surface area contributed by atoms with Gasteiger partial charge in [0.05, 0.1) is 23.7 Å². The van der Waals surface area contributed by atoms with E-state index in [9.17, 15) is 14.0 Å². The Labute approximate surface area is 200 Å². The molecule has 2 aromatic rings. The smallest absolute Gasteiger partial charge is 0.410 e. The van der Waals surface area contributed by atoms with E-state index >= 15 is 0 Å². The molecule has 1 aliphatic heterocycles. The van der Waals surface area contributed by atoms with Crippen LogP contribution in [0.3, 0.4) is 0 Å². The van der Waals surface area contributed by atoms with Gasteiger partial charge in [0.1, 0.15) is 16.9 Å². The van der Waals surface area contributed by atoms with E-state index in [0.717, 1.165) is 38.3 Å². The summed E-state index contributed by atoms with van der Waals surface area (Å²) in [5, 5.41) is 8.56. The summed E-state index contributed by atoms with van der Waals surface area (Å²) in [5.74, 6) is -1.18. The van der Waals surface area contributed by atoms with Crippen molar-refractivity contribution in [1.29, 1.82) is 0 Å². The molecule has 1 N–H and O–H groups in total. The molecule has 33 heavy (non-hydrogen) atoms. The lowest BCUT2D eigenvalue weighted by atomic mass is 9.97. The molecular formula is C23H30BrFN4O4. The molecule has 1 saturated carbocycles. The second-order valence-electron chi connectivity index (χ2n) is 9.77. The minimum atomic E-state index is -0.634. The van der Waals surface area contributed by atoms with Crippen LogP contribution in [0.15, 0.2) is 16.7 Å². The molecule has 1 aromatic carbocycles. The van der Waals surface area contributed by atoms with Crippen LogP contribution in [0.25, 0.3) is 10.9 Å². The predicted molar refractivity (Wildman–Crippen MR) is 125 cm³/mol. The van der Waals surface area contributed by atoms with Gasteiger partial charge in [-0.05, 0) is 75.0 Å². The monoisotopic (exact) mass is 524 g/mol. The Morgan fingerprint density at radius 2 is 2.03 bits per heavy atom. The molecule has 2 fully saturated rings. The van der Waals surface area contributed by atoms with Crippen LogP contribution in [0.2, 0.25) is 0 Å². The number of aromatic nitrogens is 2. The molecule has 0 bridgehead atoms. The van der Waals surface area contributed by atoms with Crippen molar-refractivity contribution in [3.8, 4) is 0 Å². The number of esters is 1. The lowest BCUT2D eigenvalue weighted by molar-refractivity contribution is 0.00843.